The largest absolute Gasteiger partial charge is 0.312 e. The summed E-state index contributed by atoms with van der Waals surface area (Å²) in [4.78, 5) is 1.93. The Hall–Kier alpha value is -0.590. The standard InChI is InChI=1S/C7H15N3/c1-6(10(3)4)7(2,9)5-8/h6H,9H2,1-4H3. The molecule has 10 heavy (non-hydrogen) atoms. The molecule has 58 valence electrons. The SMILES string of the molecule is CC(N(C)C)C(C)(N)C#N. The zero-order valence-corrected chi connectivity index (χ0v) is 7.05. The zero-order valence-electron chi connectivity index (χ0n) is 7.05. The topological polar surface area (TPSA) is 53.0 Å². The van der Waals surface area contributed by atoms with Gasteiger partial charge < -0.3 is 10.6 Å². The van der Waals surface area contributed by atoms with Crippen molar-refractivity contribution in [1.29, 1.82) is 5.26 Å². The molecular formula is C7H15N3. The normalized spacial score (nSPS) is 19.7. The van der Waals surface area contributed by atoms with Crippen molar-refractivity contribution in [2.24, 2.45) is 5.73 Å². The molecule has 0 rings (SSSR count). The van der Waals surface area contributed by atoms with Crippen LogP contribution in [0.5, 0.6) is 0 Å². The molecule has 3 heteroatoms. The molecule has 0 aliphatic rings. The molecule has 0 aromatic heterocycles. The molecule has 0 aliphatic carbocycles. The third kappa shape index (κ3) is 1.98. The quantitative estimate of drug-likeness (QED) is 0.596. The van der Waals surface area contributed by atoms with Gasteiger partial charge >= 0.3 is 0 Å². The van der Waals surface area contributed by atoms with Crippen molar-refractivity contribution in [3.8, 4) is 6.07 Å². The van der Waals surface area contributed by atoms with Crippen molar-refractivity contribution < 1.29 is 0 Å². The van der Waals surface area contributed by atoms with E-state index in [0.29, 0.717) is 0 Å². The molecule has 0 amide bonds. The second-order valence-corrected chi connectivity index (χ2v) is 3.03. The smallest absolute Gasteiger partial charge is 0.116 e. The molecular weight excluding hydrogens is 126 g/mol. The van der Waals surface area contributed by atoms with Gasteiger partial charge in [0.15, 0.2) is 0 Å². The van der Waals surface area contributed by atoms with Crippen molar-refractivity contribution in [1.82, 2.24) is 4.90 Å². The molecule has 0 aromatic carbocycles. The summed E-state index contributed by atoms with van der Waals surface area (Å²) in [5.41, 5.74) is 4.91. The maximum atomic E-state index is 8.61. The molecule has 0 bridgehead atoms. The summed E-state index contributed by atoms with van der Waals surface area (Å²) < 4.78 is 0. The van der Waals surface area contributed by atoms with E-state index < -0.39 is 5.54 Å². The van der Waals surface area contributed by atoms with E-state index >= 15 is 0 Å². The number of hydrogen-bond donors (Lipinski definition) is 1. The van der Waals surface area contributed by atoms with Crippen molar-refractivity contribution in [2.75, 3.05) is 14.1 Å². The van der Waals surface area contributed by atoms with Gasteiger partial charge in [-0.3, -0.25) is 0 Å². The van der Waals surface area contributed by atoms with Gasteiger partial charge in [0, 0.05) is 6.04 Å². The van der Waals surface area contributed by atoms with Gasteiger partial charge in [0.1, 0.15) is 5.54 Å². The molecule has 0 radical (unpaired) electrons. The lowest BCUT2D eigenvalue weighted by Crippen LogP contribution is -2.51. The predicted molar refractivity (Wildman–Crippen MR) is 41.4 cm³/mol. The van der Waals surface area contributed by atoms with Crippen LogP contribution in [-0.4, -0.2) is 30.6 Å². The summed E-state index contributed by atoms with van der Waals surface area (Å²) >= 11 is 0. The fourth-order valence-electron chi connectivity index (χ4n) is 0.630. The van der Waals surface area contributed by atoms with Crippen LogP contribution >= 0.6 is 0 Å². The Morgan fingerprint density at radius 3 is 2.10 bits per heavy atom. The third-order valence-corrected chi connectivity index (χ3v) is 1.88. The Kier molecular flexibility index (Phi) is 2.82. The van der Waals surface area contributed by atoms with Gasteiger partial charge in [0.25, 0.3) is 0 Å². The summed E-state index contributed by atoms with van der Waals surface area (Å²) in [5, 5.41) is 8.61. The van der Waals surface area contributed by atoms with Crippen LogP contribution in [0, 0.1) is 11.3 Å². The second-order valence-electron chi connectivity index (χ2n) is 3.03. The van der Waals surface area contributed by atoms with E-state index in [-0.39, 0.29) is 6.04 Å². The maximum Gasteiger partial charge on any atom is 0.116 e. The van der Waals surface area contributed by atoms with Gasteiger partial charge in [0.05, 0.1) is 6.07 Å². The molecule has 0 aliphatic heterocycles. The average molecular weight is 141 g/mol. The third-order valence-electron chi connectivity index (χ3n) is 1.88. The molecule has 0 fully saturated rings. The molecule has 0 spiro atoms. The molecule has 2 atom stereocenters. The van der Waals surface area contributed by atoms with E-state index in [9.17, 15) is 0 Å². The van der Waals surface area contributed by atoms with Gasteiger partial charge in [-0.05, 0) is 27.9 Å². The highest BCUT2D eigenvalue weighted by Gasteiger charge is 2.27. The maximum absolute atomic E-state index is 8.61. The van der Waals surface area contributed by atoms with Crippen molar-refractivity contribution in [2.45, 2.75) is 25.4 Å². The van der Waals surface area contributed by atoms with Crippen LogP contribution < -0.4 is 5.73 Å². The highest BCUT2D eigenvalue weighted by atomic mass is 15.1. The Morgan fingerprint density at radius 1 is 1.60 bits per heavy atom. The van der Waals surface area contributed by atoms with Crippen molar-refractivity contribution >= 4 is 0 Å². The van der Waals surface area contributed by atoms with Gasteiger partial charge in [0.2, 0.25) is 0 Å². The molecule has 2 N–H and O–H groups in total. The molecule has 2 unspecified atom stereocenters. The summed E-state index contributed by atoms with van der Waals surface area (Å²) in [6.07, 6.45) is 0. The number of hydrogen-bond acceptors (Lipinski definition) is 3. The first-order valence-corrected chi connectivity index (χ1v) is 3.28. The van der Waals surface area contributed by atoms with Crippen LogP contribution in [-0.2, 0) is 0 Å². The number of nitriles is 1. The predicted octanol–water partition coefficient (Wildman–Crippen LogP) is 0.177. The molecule has 0 aromatic rings. The van der Waals surface area contributed by atoms with Crippen LogP contribution in [0.4, 0.5) is 0 Å². The average Bonchev–Trinajstić information content (AvgIpc) is 1.86. The number of nitrogens with two attached hydrogens (primary N) is 1. The van der Waals surface area contributed by atoms with Crippen molar-refractivity contribution in [3.05, 3.63) is 0 Å². The molecule has 3 nitrogen and oxygen atoms in total. The fraction of sp³-hybridized carbons (Fsp3) is 0.857. The van der Waals surface area contributed by atoms with E-state index in [0.717, 1.165) is 0 Å². The molecule has 0 heterocycles. The van der Waals surface area contributed by atoms with E-state index in [1.165, 1.54) is 0 Å². The number of nitrogens with zero attached hydrogens (tertiary/aromatic N) is 2. The Bertz CT molecular complexity index is 143. The second kappa shape index (κ2) is 3.00. The van der Waals surface area contributed by atoms with Gasteiger partial charge in [-0.1, -0.05) is 0 Å². The Balaban J connectivity index is 4.22. The van der Waals surface area contributed by atoms with Gasteiger partial charge in [-0.2, -0.15) is 5.26 Å². The van der Waals surface area contributed by atoms with Crippen LogP contribution in [0.25, 0.3) is 0 Å². The lowest BCUT2D eigenvalue weighted by Gasteiger charge is -2.29. The summed E-state index contributed by atoms with van der Waals surface area (Å²) in [7, 11) is 3.82. The molecule has 0 saturated heterocycles. The van der Waals surface area contributed by atoms with Crippen LogP contribution in [0.15, 0.2) is 0 Å². The first-order valence-electron chi connectivity index (χ1n) is 3.28. The van der Waals surface area contributed by atoms with E-state index in [4.69, 9.17) is 11.0 Å². The van der Waals surface area contributed by atoms with Crippen molar-refractivity contribution in [3.63, 3.8) is 0 Å². The van der Waals surface area contributed by atoms with E-state index in [1.54, 1.807) is 6.92 Å². The highest BCUT2D eigenvalue weighted by molar-refractivity contribution is 5.07. The first-order chi connectivity index (χ1) is 4.41. The lowest BCUT2D eigenvalue weighted by molar-refractivity contribution is 0.244. The van der Waals surface area contributed by atoms with Crippen LogP contribution in [0.3, 0.4) is 0 Å². The zero-order chi connectivity index (χ0) is 8.36. The summed E-state index contributed by atoms with van der Waals surface area (Å²) in [5.74, 6) is 0. The van der Waals surface area contributed by atoms with Crippen LogP contribution in [0.2, 0.25) is 0 Å². The van der Waals surface area contributed by atoms with Gasteiger partial charge in [-0.15, -0.1) is 0 Å². The minimum absolute atomic E-state index is 0.0810. The van der Waals surface area contributed by atoms with E-state index in [2.05, 4.69) is 6.07 Å². The molecule has 0 saturated carbocycles. The minimum atomic E-state index is -0.747. The van der Waals surface area contributed by atoms with E-state index in [1.807, 2.05) is 25.9 Å². The summed E-state index contributed by atoms with van der Waals surface area (Å²) in [6, 6.07) is 2.14. The minimum Gasteiger partial charge on any atom is -0.312 e. The van der Waals surface area contributed by atoms with Crippen LogP contribution in [0.1, 0.15) is 13.8 Å². The number of rotatable bonds is 2. The Morgan fingerprint density at radius 2 is 2.00 bits per heavy atom. The first kappa shape index (κ1) is 9.41. The van der Waals surface area contributed by atoms with Gasteiger partial charge in [-0.25, -0.2) is 0 Å². The fourth-order valence-corrected chi connectivity index (χ4v) is 0.630. The lowest BCUT2D eigenvalue weighted by atomic mass is 9.96. The Labute approximate surface area is 62.4 Å². The number of likely N-dealkylation sites (N-methyl/N-ethyl adjacent to an activating group) is 1. The highest BCUT2D eigenvalue weighted by Crippen LogP contribution is 2.08. The monoisotopic (exact) mass is 141 g/mol. The summed E-state index contributed by atoms with van der Waals surface area (Å²) in [6.45, 7) is 3.67.